The lowest BCUT2D eigenvalue weighted by Gasteiger charge is -2.38. The first-order valence-electron chi connectivity index (χ1n) is 11.9. The molecule has 0 aromatic heterocycles. The van der Waals surface area contributed by atoms with E-state index < -0.39 is 0 Å². The molecule has 1 amide bonds. The van der Waals surface area contributed by atoms with E-state index in [-0.39, 0.29) is 24.0 Å². The van der Waals surface area contributed by atoms with Crippen LogP contribution >= 0.6 is 24.0 Å². The van der Waals surface area contributed by atoms with E-state index in [0.717, 1.165) is 90.9 Å². The van der Waals surface area contributed by atoms with Gasteiger partial charge in [-0.25, -0.2) is 0 Å². The van der Waals surface area contributed by atoms with Crippen molar-refractivity contribution in [1.82, 2.24) is 24.9 Å². The summed E-state index contributed by atoms with van der Waals surface area (Å²) in [6.07, 6.45) is 6.06. The molecule has 3 aliphatic heterocycles. The average Bonchev–Trinajstić information content (AvgIpc) is 2.80. The molecule has 9 heteroatoms. The summed E-state index contributed by atoms with van der Waals surface area (Å²) >= 11 is 0. The molecule has 180 valence electrons. The van der Waals surface area contributed by atoms with E-state index in [1.165, 1.54) is 19.3 Å². The summed E-state index contributed by atoms with van der Waals surface area (Å²) in [5.41, 5.74) is 0. The number of carbonyl (C=O) groups is 1. The van der Waals surface area contributed by atoms with Crippen LogP contribution in [0.5, 0.6) is 0 Å². The Kier molecular flexibility index (Phi) is 12.4. The zero-order valence-corrected chi connectivity index (χ0v) is 21.9. The van der Waals surface area contributed by atoms with Crippen LogP contribution in [0.1, 0.15) is 32.1 Å². The molecule has 1 N–H and O–H groups in total. The van der Waals surface area contributed by atoms with Crippen LogP contribution in [0.2, 0.25) is 0 Å². The van der Waals surface area contributed by atoms with E-state index in [0.29, 0.717) is 18.4 Å². The van der Waals surface area contributed by atoms with Crippen LogP contribution in [0.15, 0.2) is 4.99 Å². The van der Waals surface area contributed by atoms with E-state index in [2.05, 4.69) is 29.9 Å². The molecule has 0 unspecified atom stereocenters. The van der Waals surface area contributed by atoms with E-state index in [4.69, 9.17) is 4.74 Å². The molecule has 3 heterocycles. The Morgan fingerprint density at radius 1 is 0.935 bits per heavy atom. The highest BCUT2D eigenvalue weighted by atomic mass is 127. The highest BCUT2D eigenvalue weighted by Crippen LogP contribution is 2.16. The summed E-state index contributed by atoms with van der Waals surface area (Å²) in [5, 5.41) is 3.61. The number of ether oxygens (including phenoxy) is 1. The molecular formula is C22H43IN6O2. The first kappa shape index (κ1) is 26.6. The van der Waals surface area contributed by atoms with Crippen molar-refractivity contribution in [3.8, 4) is 0 Å². The molecule has 0 aromatic rings. The van der Waals surface area contributed by atoms with Crippen molar-refractivity contribution in [1.29, 1.82) is 0 Å². The van der Waals surface area contributed by atoms with Gasteiger partial charge < -0.3 is 24.8 Å². The fraction of sp³-hybridized carbons (Fsp3) is 0.909. The molecule has 31 heavy (non-hydrogen) atoms. The van der Waals surface area contributed by atoms with Crippen molar-refractivity contribution in [3.63, 3.8) is 0 Å². The molecule has 3 saturated heterocycles. The molecule has 3 rings (SSSR count). The molecule has 3 fully saturated rings. The monoisotopic (exact) mass is 550 g/mol. The predicted octanol–water partition coefficient (Wildman–Crippen LogP) is 1.17. The number of piperazine rings is 1. The van der Waals surface area contributed by atoms with Crippen molar-refractivity contribution in [3.05, 3.63) is 0 Å². The minimum absolute atomic E-state index is 0. The number of hydrogen-bond acceptors (Lipinski definition) is 5. The van der Waals surface area contributed by atoms with Gasteiger partial charge in [0.05, 0.1) is 13.2 Å². The maximum Gasteiger partial charge on any atom is 0.236 e. The number of aliphatic imine (C=N–C) groups is 1. The SMILES string of the molecule is CN=C(NCC1CCN(CCOC)CC1)N1CCN(CC(=O)N2CCCCC2)CC1.I. The Bertz CT molecular complexity index is 542. The summed E-state index contributed by atoms with van der Waals surface area (Å²) < 4.78 is 5.19. The third kappa shape index (κ3) is 8.66. The Morgan fingerprint density at radius 2 is 1.61 bits per heavy atom. The van der Waals surface area contributed by atoms with E-state index in [9.17, 15) is 4.79 Å². The van der Waals surface area contributed by atoms with Gasteiger partial charge in [-0.05, 0) is 51.1 Å². The van der Waals surface area contributed by atoms with Gasteiger partial charge in [0.1, 0.15) is 0 Å². The van der Waals surface area contributed by atoms with Crippen LogP contribution < -0.4 is 5.32 Å². The number of nitrogens with zero attached hydrogens (tertiary/aromatic N) is 5. The molecule has 0 bridgehead atoms. The topological polar surface area (TPSA) is 63.7 Å². The van der Waals surface area contributed by atoms with Crippen molar-refractivity contribution < 1.29 is 9.53 Å². The molecule has 0 saturated carbocycles. The summed E-state index contributed by atoms with van der Waals surface area (Å²) in [7, 11) is 3.65. The van der Waals surface area contributed by atoms with E-state index in [1.54, 1.807) is 7.11 Å². The van der Waals surface area contributed by atoms with Gasteiger partial charge in [0, 0.05) is 66.5 Å². The van der Waals surface area contributed by atoms with Crippen molar-refractivity contribution in [2.75, 3.05) is 92.8 Å². The second kappa shape index (κ2) is 14.5. The van der Waals surface area contributed by atoms with Gasteiger partial charge >= 0.3 is 0 Å². The number of likely N-dealkylation sites (tertiary alicyclic amines) is 2. The zero-order chi connectivity index (χ0) is 21.2. The number of carbonyl (C=O) groups excluding carboxylic acids is 1. The Morgan fingerprint density at radius 3 is 2.23 bits per heavy atom. The number of rotatable bonds is 7. The van der Waals surface area contributed by atoms with Crippen LogP contribution in [0.4, 0.5) is 0 Å². The highest BCUT2D eigenvalue weighted by molar-refractivity contribution is 14.0. The number of amides is 1. The fourth-order valence-electron chi connectivity index (χ4n) is 4.75. The van der Waals surface area contributed by atoms with E-state index >= 15 is 0 Å². The quantitative estimate of drug-likeness (QED) is 0.292. The van der Waals surface area contributed by atoms with Crippen LogP contribution in [-0.2, 0) is 9.53 Å². The number of hydrogen-bond donors (Lipinski definition) is 1. The Labute approximate surface area is 205 Å². The second-order valence-electron chi connectivity index (χ2n) is 8.91. The molecule has 0 atom stereocenters. The summed E-state index contributed by atoms with van der Waals surface area (Å²) in [4.78, 5) is 26.2. The van der Waals surface area contributed by atoms with Gasteiger partial charge in [0.15, 0.2) is 5.96 Å². The minimum atomic E-state index is 0. The third-order valence-electron chi connectivity index (χ3n) is 6.82. The van der Waals surface area contributed by atoms with Gasteiger partial charge in [-0.1, -0.05) is 0 Å². The predicted molar refractivity (Wildman–Crippen MR) is 136 cm³/mol. The van der Waals surface area contributed by atoms with Crippen molar-refractivity contribution in [2.45, 2.75) is 32.1 Å². The smallest absolute Gasteiger partial charge is 0.236 e. The average molecular weight is 551 g/mol. The second-order valence-corrected chi connectivity index (χ2v) is 8.91. The van der Waals surface area contributed by atoms with Crippen molar-refractivity contribution in [2.24, 2.45) is 10.9 Å². The number of halogens is 1. The fourth-order valence-corrected chi connectivity index (χ4v) is 4.75. The van der Waals surface area contributed by atoms with Crippen LogP contribution in [0.3, 0.4) is 0 Å². The van der Waals surface area contributed by atoms with Gasteiger partial charge in [0.25, 0.3) is 0 Å². The zero-order valence-electron chi connectivity index (χ0n) is 19.6. The first-order chi connectivity index (χ1) is 14.7. The molecular weight excluding hydrogens is 507 g/mol. The molecule has 0 spiro atoms. The number of nitrogens with one attached hydrogen (secondary N) is 1. The van der Waals surface area contributed by atoms with Crippen molar-refractivity contribution >= 4 is 35.8 Å². The number of piperidine rings is 2. The lowest BCUT2D eigenvalue weighted by molar-refractivity contribution is -0.133. The highest BCUT2D eigenvalue weighted by Gasteiger charge is 2.25. The van der Waals surface area contributed by atoms with Crippen LogP contribution in [0, 0.1) is 5.92 Å². The first-order valence-corrected chi connectivity index (χ1v) is 11.9. The standard InChI is InChI=1S/C22H42N6O2.HI/c1-23-22(24-18-20-6-10-25(11-7-20)16-17-30-2)28-14-12-26(13-15-28)19-21(29)27-8-4-3-5-9-27;/h20H,3-19H2,1-2H3,(H,23,24);1H. The maximum atomic E-state index is 12.5. The molecule has 3 aliphatic rings. The molecule has 0 aliphatic carbocycles. The van der Waals surface area contributed by atoms with Gasteiger partial charge in [-0.3, -0.25) is 14.7 Å². The van der Waals surface area contributed by atoms with Crippen LogP contribution in [-0.4, -0.2) is 124 Å². The van der Waals surface area contributed by atoms with Crippen LogP contribution in [0.25, 0.3) is 0 Å². The third-order valence-corrected chi connectivity index (χ3v) is 6.82. The summed E-state index contributed by atoms with van der Waals surface area (Å²) in [6, 6.07) is 0. The minimum Gasteiger partial charge on any atom is -0.383 e. The lowest BCUT2D eigenvalue weighted by atomic mass is 9.97. The van der Waals surface area contributed by atoms with Gasteiger partial charge in [-0.15, -0.1) is 24.0 Å². The Balaban J connectivity index is 0.00000341. The van der Waals surface area contributed by atoms with Gasteiger partial charge in [-0.2, -0.15) is 0 Å². The number of methoxy groups -OCH3 is 1. The molecule has 0 radical (unpaired) electrons. The van der Waals surface area contributed by atoms with Gasteiger partial charge in [0.2, 0.25) is 5.91 Å². The normalized spacial score (nSPS) is 22.3. The summed E-state index contributed by atoms with van der Waals surface area (Å²) in [6.45, 7) is 11.4. The molecule has 8 nitrogen and oxygen atoms in total. The van der Waals surface area contributed by atoms with E-state index in [1.807, 2.05) is 7.05 Å². The maximum absolute atomic E-state index is 12.5. The Hall–Kier alpha value is -0.650. The lowest BCUT2D eigenvalue weighted by Crippen LogP contribution is -2.55. The largest absolute Gasteiger partial charge is 0.383 e. The summed E-state index contributed by atoms with van der Waals surface area (Å²) in [5.74, 6) is 2.03. The molecule has 0 aromatic carbocycles. The number of guanidine groups is 1.